The summed E-state index contributed by atoms with van der Waals surface area (Å²) in [5, 5.41) is 0. The van der Waals surface area contributed by atoms with Crippen molar-refractivity contribution in [1.82, 2.24) is 14.4 Å². The van der Waals surface area contributed by atoms with Crippen LogP contribution < -0.4 is 0 Å². The van der Waals surface area contributed by atoms with E-state index in [0.29, 0.717) is 25.6 Å². The number of carbonyl (C=O) groups is 2. The van der Waals surface area contributed by atoms with Crippen LogP contribution in [-0.4, -0.2) is 45.3 Å². The van der Waals surface area contributed by atoms with Crippen molar-refractivity contribution in [1.29, 1.82) is 0 Å². The van der Waals surface area contributed by atoms with Gasteiger partial charge in [-0.05, 0) is 31.4 Å². The first-order valence-corrected chi connectivity index (χ1v) is 10.8. The quantitative estimate of drug-likeness (QED) is 0.353. The number of rotatable bonds is 14. The van der Waals surface area contributed by atoms with E-state index in [1.165, 1.54) is 25.7 Å². The molecule has 1 fully saturated rings. The van der Waals surface area contributed by atoms with Gasteiger partial charge in [0, 0.05) is 37.9 Å². The SMILES string of the molecule is C=CCN(CC(=O)N(Cc1cccn1C)C1CC1)C(=O)CCCCCCCC. The van der Waals surface area contributed by atoms with E-state index in [4.69, 9.17) is 0 Å². The Labute approximate surface area is 170 Å². The van der Waals surface area contributed by atoms with Gasteiger partial charge in [0.1, 0.15) is 6.54 Å². The third-order valence-electron chi connectivity index (χ3n) is 5.46. The van der Waals surface area contributed by atoms with Gasteiger partial charge in [-0.2, -0.15) is 0 Å². The molecule has 5 nitrogen and oxygen atoms in total. The molecular weight excluding hydrogens is 350 g/mol. The molecule has 28 heavy (non-hydrogen) atoms. The van der Waals surface area contributed by atoms with Gasteiger partial charge in [0.2, 0.25) is 11.8 Å². The Morgan fingerprint density at radius 3 is 2.50 bits per heavy atom. The number of unbranched alkanes of at least 4 members (excludes halogenated alkanes) is 5. The Kier molecular flexibility index (Phi) is 9.32. The summed E-state index contributed by atoms with van der Waals surface area (Å²) in [4.78, 5) is 29.2. The molecule has 1 heterocycles. The second-order valence-corrected chi connectivity index (χ2v) is 7.94. The Morgan fingerprint density at radius 1 is 1.18 bits per heavy atom. The lowest BCUT2D eigenvalue weighted by Crippen LogP contribution is -2.43. The summed E-state index contributed by atoms with van der Waals surface area (Å²) in [5.74, 6) is 0.111. The first-order chi connectivity index (χ1) is 13.6. The highest BCUT2D eigenvalue weighted by Crippen LogP contribution is 2.28. The fourth-order valence-electron chi connectivity index (χ4n) is 3.52. The Balaban J connectivity index is 1.86. The largest absolute Gasteiger partial charge is 0.353 e. The van der Waals surface area contributed by atoms with E-state index in [1.807, 2.05) is 34.8 Å². The van der Waals surface area contributed by atoms with Gasteiger partial charge in [-0.15, -0.1) is 6.58 Å². The van der Waals surface area contributed by atoms with E-state index in [2.05, 4.69) is 13.5 Å². The molecule has 156 valence electrons. The third-order valence-corrected chi connectivity index (χ3v) is 5.46. The molecule has 0 unspecified atom stereocenters. The summed E-state index contributed by atoms with van der Waals surface area (Å²) in [6.45, 7) is 7.17. The minimum atomic E-state index is 0.0434. The number of aryl methyl sites for hydroxylation is 1. The van der Waals surface area contributed by atoms with Gasteiger partial charge < -0.3 is 14.4 Å². The minimum Gasteiger partial charge on any atom is -0.353 e. The van der Waals surface area contributed by atoms with Gasteiger partial charge >= 0.3 is 0 Å². The average Bonchev–Trinajstić information content (AvgIpc) is 3.44. The van der Waals surface area contributed by atoms with Gasteiger partial charge in [-0.1, -0.05) is 45.1 Å². The third kappa shape index (κ3) is 7.17. The first kappa shape index (κ1) is 22.3. The number of nitrogens with zero attached hydrogens (tertiary/aromatic N) is 3. The lowest BCUT2D eigenvalue weighted by Gasteiger charge is -2.27. The maximum absolute atomic E-state index is 13.0. The van der Waals surface area contributed by atoms with Crippen molar-refractivity contribution in [2.75, 3.05) is 13.1 Å². The summed E-state index contributed by atoms with van der Waals surface area (Å²) in [7, 11) is 2.00. The smallest absolute Gasteiger partial charge is 0.242 e. The highest BCUT2D eigenvalue weighted by atomic mass is 16.2. The van der Waals surface area contributed by atoms with Crippen molar-refractivity contribution in [3.05, 3.63) is 36.7 Å². The van der Waals surface area contributed by atoms with Gasteiger partial charge in [0.15, 0.2) is 0 Å². The molecule has 0 atom stereocenters. The van der Waals surface area contributed by atoms with Crippen LogP contribution in [0.15, 0.2) is 31.0 Å². The standard InChI is InChI=1S/C23H37N3O2/c1-4-6-7-8-9-10-13-22(27)25(16-5-2)19-23(28)26(20-14-15-20)18-21-12-11-17-24(21)3/h5,11-12,17,20H,2,4,6-10,13-16,18-19H2,1,3H3. The second kappa shape index (κ2) is 11.7. The number of amides is 2. The molecule has 1 saturated carbocycles. The summed E-state index contributed by atoms with van der Waals surface area (Å²) >= 11 is 0. The molecule has 0 aromatic carbocycles. The van der Waals surface area contributed by atoms with Crippen LogP contribution in [0, 0.1) is 0 Å². The maximum Gasteiger partial charge on any atom is 0.242 e. The number of hydrogen-bond donors (Lipinski definition) is 0. The van der Waals surface area contributed by atoms with Gasteiger partial charge in [-0.25, -0.2) is 0 Å². The molecule has 0 bridgehead atoms. The van der Waals surface area contributed by atoms with Crippen molar-refractivity contribution < 1.29 is 9.59 Å². The highest BCUT2D eigenvalue weighted by molar-refractivity contribution is 5.85. The molecular formula is C23H37N3O2. The molecule has 1 aliphatic carbocycles. The van der Waals surface area contributed by atoms with Crippen LogP contribution in [-0.2, 0) is 23.2 Å². The Bertz CT molecular complexity index is 634. The molecule has 1 aromatic heterocycles. The fourth-order valence-corrected chi connectivity index (χ4v) is 3.52. The predicted octanol–water partition coefficient (Wildman–Crippen LogP) is 4.28. The van der Waals surface area contributed by atoms with Crippen molar-refractivity contribution in [2.24, 2.45) is 7.05 Å². The van der Waals surface area contributed by atoms with Gasteiger partial charge in [-0.3, -0.25) is 9.59 Å². The van der Waals surface area contributed by atoms with Gasteiger partial charge in [0.25, 0.3) is 0 Å². The van der Waals surface area contributed by atoms with Crippen LogP contribution in [0.4, 0.5) is 0 Å². The first-order valence-electron chi connectivity index (χ1n) is 10.8. The van der Waals surface area contributed by atoms with Crippen LogP contribution in [0.1, 0.15) is 70.4 Å². The lowest BCUT2D eigenvalue weighted by molar-refractivity contribution is -0.141. The summed E-state index contributed by atoms with van der Waals surface area (Å²) in [5.41, 5.74) is 1.12. The van der Waals surface area contributed by atoms with E-state index in [-0.39, 0.29) is 18.4 Å². The average molecular weight is 388 g/mol. The molecule has 0 N–H and O–H groups in total. The zero-order valence-corrected chi connectivity index (χ0v) is 17.7. The van der Waals surface area contributed by atoms with Crippen LogP contribution in [0.5, 0.6) is 0 Å². The van der Waals surface area contributed by atoms with Crippen LogP contribution in [0.2, 0.25) is 0 Å². The molecule has 5 heteroatoms. The van der Waals surface area contributed by atoms with Crippen LogP contribution >= 0.6 is 0 Å². The second-order valence-electron chi connectivity index (χ2n) is 7.94. The topological polar surface area (TPSA) is 45.6 Å². The number of hydrogen-bond acceptors (Lipinski definition) is 2. The highest BCUT2D eigenvalue weighted by Gasteiger charge is 2.33. The summed E-state index contributed by atoms with van der Waals surface area (Å²) in [6.07, 6.45) is 13.3. The number of carbonyl (C=O) groups excluding carboxylic acids is 2. The van der Waals surface area contributed by atoms with E-state index in [0.717, 1.165) is 31.4 Å². The Morgan fingerprint density at radius 2 is 1.89 bits per heavy atom. The van der Waals surface area contributed by atoms with E-state index in [1.54, 1.807) is 11.0 Å². The van der Waals surface area contributed by atoms with Crippen molar-refractivity contribution >= 4 is 11.8 Å². The van der Waals surface area contributed by atoms with E-state index >= 15 is 0 Å². The monoisotopic (exact) mass is 387 g/mol. The molecule has 2 amide bonds. The maximum atomic E-state index is 13.0. The van der Waals surface area contributed by atoms with E-state index < -0.39 is 0 Å². The normalized spacial score (nSPS) is 13.4. The summed E-state index contributed by atoms with van der Waals surface area (Å²) < 4.78 is 2.05. The molecule has 0 aliphatic heterocycles. The van der Waals surface area contributed by atoms with Gasteiger partial charge in [0.05, 0.1) is 6.54 Å². The lowest BCUT2D eigenvalue weighted by atomic mass is 10.1. The fraction of sp³-hybridized carbons (Fsp3) is 0.652. The van der Waals surface area contributed by atoms with Crippen molar-refractivity contribution in [3.63, 3.8) is 0 Å². The van der Waals surface area contributed by atoms with Crippen LogP contribution in [0.3, 0.4) is 0 Å². The molecule has 2 rings (SSSR count). The molecule has 0 spiro atoms. The predicted molar refractivity (Wildman–Crippen MR) is 114 cm³/mol. The molecule has 1 aliphatic rings. The number of aromatic nitrogens is 1. The van der Waals surface area contributed by atoms with E-state index in [9.17, 15) is 9.59 Å². The van der Waals surface area contributed by atoms with Crippen LogP contribution in [0.25, 0.3) is 0 Å². The van der Waals surface area contributed by atoms with Crippen molar-refractivity contribution in [2.45, 2.75) is 77.3 Å². The molecule has 0 saturated heterocycles. The zero-order chi connectivity index (χ0) is 20.4. The minimum absolute atomic E-state index is 0.0434. The molecule has 0 radical (unpaired) electrons. The van der Waals surface area contributed by atoms with Crippen molar-refractivity contribution in [3.8, 4) is 0 Å². The Hall–Kier alpha value is -2.04. The molecule has 1 aromatic rings. The summed E-state index contributed by atoms with van der Waals surface area (Å²) in [6, 6.07) is 4.37. The zero-order valence-electron chi connectivity index (χ0n) is 17.7.